The van der Waals surface area contributed by atoms with Gasteiger partial charge in [-0.25, -0.2) is 0 Å². The molecule has 1 saturated heterocycles. The van der Waals surface area contributed by atoms with Gasteiger partial charge in [0.2, 0.25) is 0 Å². The molecule has 0 amide bonds. The van der Waals surface area contributed by atoms with Gasteiger partial charge in [-0.1, -0.05) is 20.8 Å². The van der Waals surface area contributed by atoms with Gasteiger partial charge in [0.15, 0.2) is 0 Å². The number of piperidine rings is 1. The Balaban J connectivity index is 2.07. The topological polar surface area (TPSA) is 12.0 Å². The Morgan fingerprint density at radius 3 is 2.08 bits per heavy atom. The summed E-state index contributed by atoms with van der Waals surface area (Å²) in [5, 5.41) is 3.48. The van der Waals surface area contributed by atoms with E-state index >= 15 is 0 Å². The van der Waals surface area contributed by atoms with Crippen LogP contribution in [0.2, 0.25) is 0 Å². The van der Waals surface area contributed by atoms with Crippen LogP contribution in [0.1, 0.15) is 46.5 Å². The molecule has 0 aromatic carbocycles. The summed E-state index contributed by atoms with van der Waals surface area (Å²) in [6.45, 7) is 9.76. The van der Waals surface area contributed by atoms with Gasteiger partial charge in [-0.3, -0.25) is 0 Å². The highest BCUT2D eigenvalue weighted by atomic mass is 14.9. The molecule has 1 unspecified atom stereocenters. The first-order chi connectivity index (χ1) is 6.05. The SMILES string of the molecule is CC(C)(C)C1CCC12CCNCC2. The predicted octanol–water partition coefficient (Wildman–Crippen LogP) is 2.81. The summed E-state index contributed by atoms with van der Waals surface area (Å²) in [5.41, 5.74) is 1.28. The fraction of sp³-hybridized carbons (Fsp3) is 1.00. The molecule has 1 spiro atoms. The average Bonchev–Trinajstić information content (AvgIpc) is 2.01. The molecule has 1 nitrogen and oxygen atoms in total. The third kappa shape index (κ3) is 1.52. The zero-order valence-corrected chi connectivity index (χ0v) is 9.32. The minimum absolute atomic E-state index is 0.537. The van der Waals surface area contributed by atoms with Gasteiger partial charge < -0.3 is 5.32 Å². The van der Waals surface area contributed by atoms with Gasteiger partial charge in [0.25, 0.3) is 0 Å². The molecule has 0 aromatic heterocycles. The molecule has 1 heterocycles. The van der Waals surface area contributed by atoms with Crippen LogP contribution in [0, 0.1) is 16.7 Å². The Labute approximate surface area is 82.3 Å². The number of hydrogen-bond donors (Lipinski definition) is 1. The van der Waals surface area contributed by atoms with Crippen molar-refractivity contribution in [1.82, 2.24) is 5.32 Å². The summed E-state index contributed by atoms with van der Waals surface area (Å²) in [5.74, 6) is 0.988. The molecule has 2 rings (SSSR count). The molecule has 1 heteroatoms. The van der Waals surface area contributed by atoms with E-state index in [9.17, 15) is 0 Å². The van der Waals surface area contributed by atoms with Crippen molar-refractivity contribution in [2.75, 3.05) is 13.1 Å². The lowest BCUT2D eigenvalue weighted by molar-refractivity contribution is -0.0677. The molecular formula is C12H23N. The van der Waals surface area contributed by atoms with E-state index < -0.39 is 0 Å². The summed E-state index contributed by atoms with van der Waals surface area (Å²) >= 11 is 0. The van der Waals surface area contributed by atoms with Gasteiger partial charge in [0.05, 0.1) is 0 Å². The van der Waals surface area contributed by atoms with Crippen molar-refractivity contribution < 1.29 is 0 Å². The van der Waals surface area contributed by atoms with Gasteiger partial charge in [0, 0.05) is 0 Å². The summed E-state index contributed by atoms with van der Waals surface area (Å²) in [6.07, 6.45) is 5.82. The Morgan fingerprint density at radius 1 is 1.08 bits per heavy atom. The fourth-order valence-corrected chi connectivity index (χ4v) is 3.57. The standard InChI is InChI=1S/C12H23N/c1-11(2,3)10-4-5-12(10)6-8-13-9-7-12/h10,13H,4-9H2,1-3H3. The van der Waals surface area contributed by atoms with Crippen LogP contribution in [0.15, 0.2) is 0 Å². The molecule has 1 aliphatic carbocycles. The van der Waals surface area contributed by atoms with Crippen LogP contribution in [-0.2, 0) is 0 Å². The van der Waals surface area contributed by atoms with Crippen LogP contribution in [0.5, 0.6) is 0 Å². The summed E-state index contributed by atoms with van der Waals surface area (Å²) < 4.78 is 0. The largest absolute Gasteiger partial charge is 0.317 e. The third-order valence-electron chi connectivity index (χ3n) is 4.31. The highest BCUT2D eigenvalue weighted by Gasteiger charge is 2.51. The molecule has 0 bridgehead atoms. The smallest absolute Gasteiger partial charge is 0.00435 e. The number of hydrogen-bond acceptors (Lipinski definition) is 1. The summed E-state index contributed by atoms with van der Waals surface area (Å²) in [4.78, 5) is 0. The van der Waals surface area contributed by atoms with Crippen LogP contribution in [0.25, 0.3) is 0 Å². The Kier molecular flexibility index (Phi) is 2.18. The molecule has 13 heavy (non-hydrogen) atoms. The van der Waals surface area contributed by atoms with Gasteiger partial charge in [0.1, 0.15) is 0 Å². The molecule has 0 aromatic rings. The first-order valence-electron chi connectivity index (χ1n) is 5.75. The van der Waals surface area contributed by atoms with E-state index in [1.165, 1.54) is 38.8 Å². The van der Waals surface area contributed by atoms with Gasteiger partial charge >= 0.3 is 0 Å². The van der Waals surface area contributed by atoms with E-state index in [1.807, 2.05) is 0 Å². The van der Waals surface area contributed by atoms with E-state index in [0.29, 0.717) is 5.41 Å². The lowest BCUT2D eigenvalue weighted by Crippen LogP contribution is -2.52. The van der Waals surface area contributed by atoms with Crippen LogP contribution in [0.3, 0.4) is 0 Å². The fourth-order valence-electron chi connectivity index (χ4n) is 3.57. The van der Waals surface area contributed by atoms with Crippen LogP contribution in [-0.4, -0.2) is 13.1 Å². The molecule has 2 aliphatic rings. The van der Waals surface area contributed by atoms with Gasteiger partial charge in [-0.05, 0) is 55.5 Å². The average molecular weight is 181 g/mol. The molecule has 1 aliphatic heterocycles. The van der Waals surface area contributed by atoms with Gasteiger partial charge in [-0.15, -0.1) is 0 Å². The van der Waals surface area contributed by atoms with Crippen molar-refractivity contribution in [3.63, 3.8) is 0 Å². The Morgan fingerprint density at radius 2 is 1.69 bits per heavy atom. The maximum Gasteiger partial charge on any atom is -0.00435 e. The molecule has 1 atom stereocenters. The zero-order valence-electron chi connectivity index (χ0n) is 9.32. The van der Waals surface area contributed by atoms with Crippen molar-refractivity contribution in [2.45, 2.75) is 46.5 Å². The third-order valence-corrected chi connectivity index (χ3v) is 4.31. The van der Waals surface area contributed by atoms with Crippen LogP contribution < -0.4 is 5.32 Å². The second-order valence-corrected chi connectivity index (χ2v) is 6.07. The monoisotopic (exact) mass is 181 g/mol. The molecule has 0 radical (unpaired) electrons. The molecular weight excluding hydrogens is 158 g/mol. The Hall–Kier alpha value is -0.0400. The van der Waals surface area contributed by atoms with Crippen LogP contribution >= 0.6 is 0 Å². The maximum absolute atomic E-state index is 3.48. The molecule has 1 N–H and O–H groups in total. The molecule has 1 saturated carbocycles. The maximum atomic E-state index is 3.48. The van der Waals surface area contributed by atoms with E-state index in [2.05, 4.69) is 26.1 Å². The summed E-state index contributed by atoms with van der Waals surface area (Å²) in [6, 6.07) is 0. The first kappa shape index (κ1) is 9.51. The van der Waals surface area contributed by atoms with Crippen molar-refractivity contribution in [3.05, 3.63) is 0 Å². The highest BCUT2D eigenvalue weighted by Crippen LogP contribution is 2.59. The second-order valence-electron chi connectivity index (χ2n) is 6.07. The number of rotatable bonds is 0. The second kappa shape index (κ2) is 2.98. The number of nitrogens with one attached hydrogen (secondary N) is 1. The molecule has 76 valence electrons. The van der Waals surface area contributed by atoms with E-state index in [-0.39, 0.29) is 0 Å². The predicted molar refractivity (Wildman–Crippen MR) is 56.7 cm³/mol. The first-order valence-corrected chi connectivity index (χ1v) is 5.75. The summed E-state index contributed by atoms with van der Waals surface area (Å²) in [7, 11) is 0. The van der Waals surface area contributed by atoms with Crippen LogP contribution in [0.4, 0.5) is 0 Å². The van der Waals surface area contributed by atoms with Gasteiger partial charge in [-0.2, -0.15) is 0 Å². The normalized spacial score (nSPS) is 33.0. The molecule has 2 fully saturated rings. The highest BCUT2D eigenvalue weighted by molar-refractivity contribution is 5.02. The minimum atomic E-state index is 0.537. The zero-order chi connectivity index (χ0) is 9.53. The quantitative estimate of drug-likeness (QED) is 0.606. The van der Waals surface area contributed by atoms with E-state index in [4.69, 9.17) is 0 Å². The van der Waals surface area contributed by atoms with Crippen molar-refractivity contribution in [3.8, 4) is 0 Å². The van der Waals surface area contributed by atoms with Crippen molar-refractivity contribution in [1.29, 1.82) is 0 Å². The van der Waals surface area contributed by atoms with Crippen molar-refractivity contribution >= 4 is 0 Å². The Bertz CT molecular complexity index is 184. The van der Waals surface area contributed by atoms with E-state index in [1.54, 1.807) is 0 Å². The van der Waals surface area contributed by atoms with Crippen molar-refractivity contribution in [2.24, 2.45) is 16.7 Å². The lowest BCUT2D eigenvalue weighted by atomic mass is 9.49. The minimum Gasteiger partial charge on any atom is -0.317 e. The van der Waals surface area contributed by atoms with E-state index in [0.717, 1.165) is 11.3 Å². The lowest BCUT2D eigenvalue weighted by Gasteiger charge is -2.57.